The molecule has 0 aliphatic heterocycles. The van der Waals surface area contributed by atoms with Gasteiger partial charge in [-0.2, -0.15) is 4.98 Å². The molecular weight excluding hydrogens is 282 g/mol. The van der Waals surface area contributed by atoms with Crippen LogP contribution in [-0.2, 0) is 0 Å². The Morgan fingerprint density at radius 1 is 1.32 bits per heavy atom. The van der Waals surface area contributed by atoms with Crippen LogP contribution in [0.4, 0.5) is 11.8 Å². The lowest BCUT2D eigenvalue weighted by atomic mass is 9.93. The van der Waals surface area contributed by atoms with Gasteiger partial charge in [0.15, 0.2) is 0 Å². The summed E-state index contributed by atoms with van der Waals surface area (Å²) >= 11 is 0. The van der Waals surface area contributed by atoms with E-state index in [1.54, 1.807) is 0 Å². The van der Waals surface area contributed by atoms with E-state index in [1.165, 1.54) is 12.6 Å². The van der Waals surface area contributed by atoms with Crippen LogP contribution in [0.2, 0.25) is 0 Å². The smallest absolute Gasteiger partial charge is 0.254 e. The van der Waals surface area contributed by atoms with Gasteiger partial charge in [-0.15, -0.1) is 0 Å². The molecule has 0 radical (unpaired) electrons. The maximum atomic E-state index is 11.5. The minimum absolute atomic E-state index is 0.229. The van der Waals surface area contributed by atoms with Crippen molar-refractivity contribution < 1.29 is 9.90 Å². The second-order valence-electron chi connectivity index (χ2n) is 5.98. The molecular formula is C15H21N5O2. The van der Waals surface area contributed by atoms with Crippen molar-refractivity contribution >= 4 is 23.4 Å². The van der Waals surface area contributed by atoms with Gasteiger partial charge in [-0.1, -0.05) is 0 Å². The summed E-state index contributed by atoms with van der Waals surface area (Å²) < 4.78 is 0. The molecule has 0 saturated heterocycles. The fraction of sp³-hybridized carbons (Fsp3) is 0.600. The van der Waals surface area contributed by atoms with Crippen LogP contribution in [0.3, 0.4) is 0 Å². The molecule has 1 aromatic rings. The van der Waals surface area contributed by atoms with Crippen LogP contribution in [0.1, 0.15) is 55.3 Å². The lowest BCUT2D eigenvalue weighted by Gasteiger charge is -2.27. The van der Waals surface area contributed by atoms with Gasteiger partial charge in [0.25, 0.3) is 11.9 Å². The van der Waals surface area contributed by atoms with E-state index in [1.807, 2.05) is 0 Å². The predicted octanol–water partition coefficient (Wildman–Crippen LogP) is 1.55. The number of aromatic nitrogens is 2. The third-order valence-corrected chi connectivity index (χ3v) is 4.28. The number of aliphatic hydroxyl groups is 1. The van der Waals surface area contributed by atoms with Crippen LogP contribution in [0.15, 0.2) is 11.2 Å². The third kappa shape index (κ3) is 3.41. The molecule has 2 fully saturated rings. The first-order chi connectivity index (χ1) is 10.6. The fourth-order valence-electron chi connectivity index (χ4n) is 2.65. The number of nitrogens with one attached hydrogen (secondary N) is 1. The van der Waals surface area contributed by atoms with Crippen LogP contribution in [0, 0.1) is 0 Å². The van der Waals surface area contributed by atoms with Crippen molar-refractivity contribution in [1.82, 2.24) is 9.97 Å². The Balaban J connectivity index is 1.81. The number of nitrogens with zero attached hydrogens (tertiary/aromatic N) is 3. The number of hydrogen-bond donors (Lipinski definition) is 3. The normalized spacial score (nSPS) is 22.0. The highest BCUT2D eigenvalue weighted by Gasteiger charge is 2.21. The van der Waals surface area contributed by atoms with E-state index in [0.29, 0.717) is 23.4 Å². The highest BCUT2D eigenvalue weighted by atomic mass is 16.3. The van der Waals surface area contributed by atoms with E-state index in [4.69, 9.17) is 5.73 Å². The highest BCUT2D eigenvalue weighted by molar-refractivity contribution is 5.97. The Bertz CT molecular complexity index is 588. The second kappa shape index (κ2) is 6.39. The van der Waals surface area contributed by atoms with Gasteiger partial charge in [-0.25, -0.2) is 9.98 Å². The van der Waals surface area contributed by atoms with E-state index >= 15 is 0 Å². The lowest BCUT2D eigenvalue weighted by molar-refractivity contribution is 0.100. The quantitative estimate of drug-likeness (QED) is 0.781. The van der Waals surface area contributed by atoms with Crippen LogP contribution < -0.4 is 11.1 Å². The molecule has 0 atom stereocenters. The number of aliphatic imine (C=N–C) groups is 1. The van der Waals surface area contributed by atoms with Crippen molar-refractivity contribution in [2.45, 2.75) is 57.1 Å². The first-order valence-electron chi connectivity index (χ1n) is 7.79. The van der Waals surface area contributed by atoms with Gasteiger partial charge < -0.3 is 16.2 Å². The number of nitrogens with two attached hydrogens (primary N) is 1. The minimum Gasteiger partial charge on any atom is -0.393 e. The number of hydrogen-bond acceptors (Lipinski definition) is 6. The van der Waals surface area contributed by atoms with Crippen molar-refractivity contribution in [3.05, 3.63) is 11.8 Å². The number of carbonyl (C=O) groups is 1. The van der Waals surface area contributed by atoms with E-state index in [9.17, 15) is 9.90 Å². The summed E-state index contributed by atoms with van der Waals surface area (Å²) in [7, 11) is 0. The van der Waals surface area contributed by atoms with Crippen molar-refractivity contribution in [2.75, 3.05) is 5.32 Å². The largest absolute Gasteiger partial charge is 0.393 e. The number of rotatable bonds is 4. The monoisotopic (exact) mass is 303 g/mol. The molecule has 0 unspecified atom stereocenters. The topological polar surface area (TPSA) is 113 Å². The number of primary amides is 1. The molecule has 2 aliphatic rings. The minimum atomic E-state index is -0.540. The van der Waals surface area contributed by atoms with Crippen LogP contribution in [0.5, 0.6) is 0 Å². The zero-order valence-electron chi connectivity index (χ0n) is 12.5. The van der Waals surface area contributed by atoms with Crippen molar-refractivity contribution in [3.8, 4) is 0 Å². The predicted molar refractivity (Wildman–Crippen MR) is 83.4 cm³/mol. The van der Waals surface area contributed by atoms with Gasteiger partial charge >= 0.3 is 0 Å². The molecule has 0 aromatic carbocycles. The third-order valence-electron chi connectivity index (χ3n) is 4.28. The first-order valence-corrected chi connectivity index (χ1v) is 7.79. The summed E-state index contributed by atoms with van der Waals surface area (Å²) in [5.74, 6) is 0.280. The zero-order chi connectivity index (χ0) is 15.5. The summed E-state index contributed by atoms with van der Waals surface area (Å²) in [4.78, 5) is 24.4. The van der Waals surface area contributed by atoms with Crippen molar-refractivity contribution in [3.63, 3.8) is 0 Å². The number of carbonyl (C=O) groups excluding carboxylic acids is 1. The second-order valence-corrected chi connectivity index (χ2v) is 5.98. The summed E-state index contributed by atoms with van der Waals surface area (Å²) in [5.41, 5.74) is 6.67. The zero-order valence-corrected chi connectivity index (χ0v) is 12.5. The molecule has 1 heterocycles. The van der Waals surface area contributed by atoms with Crippen molar-refractivity contribution in [2.24, 2.45) is 10.7 Å². The Kier molecular flexibility index (Phi) is 4.33. The van der Waals surface area contributed by atoms with Gasteiger partial charge in [0.1, 0.15) is 5.82 Å². The average molecular weight is 303 g/mol. The number of aliphatic hydroxyl groups excluding tert-OH is 1. The van der Waals surface area contributed by atoms with Gasteiger partial charge in [0.2, 0.25) is 0 Å². The van der Waals surface area contributed by atoms with Crippen LogP contribution in [-0.4, -0.2) is 38.8 Å². The van der Waals surface area contributed by atoms with E-state index in [0.717, 1.165) is 44.2 Å². The molecule has 0 bridgehead atoms. The van der Waals surface area contributed by atoms with E-state index in [-0.39, 0.29) is 6.10 Å². The Hall–Kier alpha value is -2.02. The Labute approximate surface area is 129 Å². The van der Waals surface area contributed by atoms with Gasteiger partial charge in [0, 0.05) is 18.0 Å². The summed E-state index contributed by atoms with van der Waals surface area (Å²) in [6.07, 6.45) is 7.51. The molecule has 22 heavy (non-hydrogen) atoms. The van der Waals surface area contributed by atoms with Crippen LogP contribution in [0.25, 0.3) is 0 Å². The lowest BCUT2D eigenvalue weighted by Crippen LogP contribution is -2.29. The molecule has 7 nitrogen and oxygen atoms in total. The molecule has 1 aromatic heterocycles. The summed E-state index contributed by atoms with van der Waals surface area (Å²) in [5, 5.41) is 12.8. The van der Waals surface area contributed by atoms with Gasteiger partial charge in [0.05, 0.1) is 11.7 Å². The molecule has 2 saturated carbocycles. The summed E-state index contributed by atoms with van der Waals surface area (Å²) in [6, 6.07) is 0.346. The van der Waals surface area contributed by atoms with E-state index in [2.05, 4.69) is 20.3 Å². The number of anilines is 1. The Morgan fingerprint density at radius 3 is 2.64 bits per heavy atom. The highest BCUT2D eigenvalue weighted by Crippen LogP contribution is 2.25. The fourth-order valence-corrected chi connectivity index (χ4v) is 2.65. The van der Waals surface area contributed by atoms with Crippen LogP contribution >= 0.6 is 0 Å². The first kappa shape index (κ1) is 14.9. The molecule has 4 N–H and O–H groups in total. The summed E-state index contributed by atoms with van der Waals surface area (Å²) in [6.45, 7) is 0. The van der Waals surface area contributed by atoms with Gasteiger partial charge in [-0.3, -0.25) is 4.79 Å². The Morgan fingerprint density at radius 2 is 2.05 bits per heavy atom. The molecule has 0 spiro atoms. The van der Waals surface area contributed by atoms with Gasteiger partial charge in [-0.05, 0) is 44.9 Å². The number of amides is 1. The SMILES string of the molecule is NC(=O)c1cnc(N=C2CCC(O)CC2)nc1NC1CCC1. The molecule has 3 rings (SSSR count). The molecule has 7 heteroatoms. The molecule has 1 amide bonds. The molecule has 2 aliphatic carbocycles. The molecule has 118 valence electrons. The maximum absolute atomic E-state index is 11.5. The van der Waals surface area contributed by atoms with E-state index < -0.39 is 5.91 Å². The van der Waals surface area contributed by atoms with Crippen molar-refractivity contribution in [1.29, 1.82) is 0 Å². The standard InChI is InChI=1S/C15H21N5O2/c16-13(22)12-8-17-15(19-10-4-6-11(21)7-5-10)20-14(12)18-9-2-1-3-9/h8-9,11,21H,1-7H2,(H2,16,22)(H,17,18,20). The average Bonchev–Trinajstić information content (AvgIpc) is 2.45. The maximum Gasteiger partial charge on any atom is 0.254 e.